The zero-order valence-corrected chi connectivity index (χ0v) is 17.4. The van der Waals surface area contributed by atoms with Gasteiger partial charge in [-0.25, -0.2) is 0 Å². The summed E-state index contributed by atoms with van der Waals surface area (Å²) >= 11 is 0. The maximum atomic E-state index is 11.0. The van der Waals surface area contributed by atoms with Crippen molar-refractivity contribution >= 4 is 5.97 Å². The molecule has 0 heterocycles. The van der Waals surface area contributed by atoms with Crippen molar-refractivity contribution in [1.29, 1.82) is 0 Å². The number of hydrogen-bond acceptors (Lipinski definition) is 2. The summed E-state index contributed by atoms with van der Waals surface area (Å²) in [5, 5.41) is 19.2. The average molecular weight is 375 g/mol. The van der Waals surface area contributed by atoms with Gasteiger partial charge in [0.1, 0.15) is 0 Å². The van der Waals surface area contributed by atoms with Crippen LogP contribution in [0.1, 0.15) is 85.0 Å². The fourth-order valence-electron chi connectivity index (χ4n) is 8.17. The maximum Gasteiger partial charge on any atom is 0.303 e. The Bertz CT molecular complexity index is 625. The van der Waals surface area contributed by atoms with Crippen LogP contribution >= 0.6 is 0 Å². The maximum absolute atomic E-state index is 11.0. The predicted molar refractivity (Wildman–Crippen MR) is 107 cm³/mol. The number of aliphatic carboxylic acids is 1. The third kappa shape index (κ3) is 3.09. The molecule has 152 valence electrons. The van der Waals surface area contributed by atoms with Crippen LogP contribution in [0.5, 0.6) is 0 Å². The third-order valence-corrected chi connectivity index (χ3v) is 9.65. The van der Waals surface area contributed by atoms with Crippen LogP contribution < -0.4 is 0 Å². The van der Waals surface area contributed by atoms with Crippen LogP contribution in [0.25, 0.3) is 0 Å². The number of aliphatic hydroxyl groups excluding tert-OH is 1. The Morgan fingerprint density at radius 3 is 2.70 bits per heavy atom. The SMILES string of the molecule is C[C@H](CCC(=O)O)C1CCC2C3CC=C4CC(O)CCC4(C)C3CCC21C. The van der Waals surface area contributed by atoms with Crippen molar-refractivity contribution in [3.05, 3.63) is 11.6 Å². The van der Waals surface area contributed by atoms with E-state index in [0.717, 1.165) is 43.4 Å². The minimum Gasteiger partial charge on any atom is -0.481 e. The fraction of sp³-hybridized carbons (Fsp3) is 0.875. The lowest BCUT2D eigenvalue weighted by molar-refractivity contribution is -0.137. The van der Waals surface area contributed by atoms with Crippen molar-refractivity contribution < 1.29 is 15.0 Å². The molecular formula is C24H38O3. The highest BCUT2D eigenvalue weighted by molar-refractivity contribution is 5.66. The van der Waals surface area contributed by atoms with Crippen LogP contribution in [0.3, 0.4) is 0 Å². The molecule has 0 saturated heterocycles. The van der Waals surface area contributed by atoms with Crippen LogP contribution in [-0.2, 0) is 4.79 Å². The van der Waals surface area contributed by atoms with Crippen LogP contribution in [-0.4, -0.2) is 22.3 Å². The molecule has 4 aliphatic carbocycles. The van der Waals surface area contributed by atoms with E-state index < -0.39 is 5.97 Å². The molecule has 0 aliphatic heterocycles. The lowest BCUT2D eigenvalue weighted by atomic mass is 9.47. The first kappa shape index (κ1) is 19.5. The van der Waals surface area contributed by atoms with Gasteiger partial charge in [-0.05, 0) is 98.2 Å². The minimum absolute atomic E-state index is 0.124. The van der Waals surface area contributed by atoms with Gasteiger partial charge in [0.25, 0.3) is 0 Å². The molecule has 2 N–H and O–H groups in total. The molecule has 3 nitrogen and oxygen atoms in total. The van der Waals surface area contributed by atoms with Gasteiger partial charge in [-0.15, -0.1) is 0 Å². The Balaban J connectivity index is 1.54. The van der Waals surface area contributed by atoms with Crippen molar-refractivity contribution in [3.63, 3.8) is 0 Å². The Hall–Kier alpha value is -0.830. The number of carboxylic acid groups (broad SMARTS) is 1. The van der Waals surface area contributed by atoms with Gasteiger partial charge in [0, 0.05) is 6.42 Å². The first-order valence-electron chi connectivity index (χ1n) is 11.3. The summed E-state index contributed by atoms with van der Waals surface area (Å²) in [5.41, 5.74) is 2.27. The molecule has 27 heavy (non-hydrogen) atoms. The smallest absolute Gasteiger partial charge is 0.303 e. The van der Waals surface area contributed by atoms with E-state index in [1.54, 1.807) is 5.57 Å². The molecule has 0 spiro atoms. The van der Waals surface area contributed by atoms with Gasteiger partial charge < -0.3 is 10.2 Å². The molecule has 0 bridgehead atoms. The number of allylic oxidation sites excluding steroid dienone is 1. The molecule has 0 aromatic rings. The summed E-state index contributed by atoms with van der Waals surface area (Å²) in [5.74, 6) is 2.94. The Kier molecular flexibility index (Phi) is 4.98. The molecule has 3 heteroatoms. The van der Waals surface area contributed by atoms with Crippen LogP contribution in [0.2, 0.25) is 0 Å². The lowest BCUT2D eigenvalue weighted by Gasteiger charge is -2.58. The zero-order chi connectivity index (χ0) is 19.4. The Labute approximate surface area is 164 Å². The first-order valence-corrected chi connectivity index (χ1v) is 11.3. The first-order chi connectivity index (χ1) is 12.8. The van der Waals surface area contributed by atoms with Gasteiger partial charge in [-0.2, -0.15) is 0 Å². The van der Waals surface area contributed by atoms with E-state index in [-0.39, 0.29) is 6.10 Å². The molecule has 3 saturated carbocycles. The summed E-state index contributed by atoms with van der Waals surface area (Å²) in [6.45, 7) is 7.33. The molecule has 8 atom stereocenters. The summed E-state index contributed by atoms with van der Waals surface area (Å²) < 4.78 is 0. The number of carboxylic acids is 1. The molecule has 3 fully saturated rings. The second kappa shape index (κ2) is 6.90. The molecule has 0 aromatic carbocycles. The van der Waals surface area contributed by atoms with Crippen molar-refractivity contribution in [3.8, 4) is 0 Å². The van der Waals surface area contributed by atoms with E-state index in [2.05, 4.69) is 26.8 Å². The molecule has 4 rings (SSSR count). The summed E-state index contributed by atoms with van der Waals surface area (Å²) in [7, 11) is 0. The second-order valence-corrected chi connectivity index (χ2v) is 10.8. The van der Waals surface area contributed by atoms with Crippen molar-refractivity contribution in [2.75, 3.05) is 0 Å². The zero-order valence-electron chi connectivity index (χ0n) is 17.4. The van der Waals surface area contributed by atoms with Crippen LogP contribution in [0.4, 0.5) is 0 Å². The van der Waals surface area contributed by atoms with Crippen LogP contribution in [0, 0.1) is 40.4 Å². The van der Waals surface area contributed by atoms with Crippen molar-refractivity contribution in [2.24, 2.45) is 40.4 Å². The van der Waals surface area contributed by atoms with Gasteiger partial charge in [0.15, 0.2) is 0 Å². The van der Waals surface area contributed by atoms with E-state index in [1.807, 2.05) is 0 Å². The molecule has 0 aromatic heterocycles. The normalized spacial score (nSPS) is 47.4. The fourth-order valence-corrected chi connectivity index (χ4v) is 8.17. The number of fused-ring (bicyclic) bond motifs is 5. The van der Waals surface area contributed by atoms with Gasteiger partial charge >= 0.3 is 5.97 Å². The average Bonchev–Trinajstić information content (AvgIpc) is 2.97. The van der Waals surface area contributed by atoms with Gasteiger partial charge in [0.05, 0.1) is 6.10 Å². The highest BCUT2D eigenvalue weighted by Gasteiger charge is 2.59. The highest BCUT2D eigenvalue weighted by Crippen LogP contribution is 2.67. The number of aliphatic hydroxyl groups is 1. The topological polar surface area (TPSA) is 57.5 Å². The van der Waals surface area contributed by atoms with E-state index >= 15 is 0 Å². The number of carbonyl (C=O) groups is 1. The largest absolute Gasteiger partial charge is 0.481 e. The van der Waals surface area contributed by atoms with E-state index in [0.29, 0.717) is 29.1 Å². The van der Waals surface area contributed by atoms with Gasteiger partial charge in [-0.1, -0.05) is 32.4 Å². The lowest BCUT2D eigenvalue weighted by Crippen LogP contribution is -2.50. The minimum atomic E-state index is -0.650. The standard InChI is InChI=1S/C24H38O3/c1-15(4-9-22(26)27)19-7-8-20-18-6-5-16-14-17(25)10-12-23(16,2)21(18)11-13-24(19,20)3/h5,15,17-21,25H,4,6-14H2,1-3H3,(H,26,27)/t15-,17?,18?,19?,20?,21?,23?,24?/m1/s1. The van der Waals surface area contributed by atoms with Gasteiger partial charge in [0.2, 0.25) is 0 Å². The molecule has 7 unspecified atom stereocenters. The quantitative estimate of drug-likeness (QED) is 0.645. The van der Waals surface area contributed by atoms with Gasteiger partial charge in [-0.3, -0.25) is 4.79 Å². The summed E-state index contributed by atoms with van der Waals surface area (Å²) in [4.78, 5) is 11.0. The molecule has 0 amide bonds. The highest BCUT2D eigenvalue weighted by atomic mass is 16.4. The summed E-state index contributed by atoms with van der Waals surface area (Å²) in [6, 6.07) is 0. The number of rotatable bonds is 4. The third-order valence-electron chi connectivity index (χ3n) is 9.65. The van der Waals surface area contributed by atoms with E-state index in [9.17, 15) is 9.90 Å². The Morgan fingerprint density at radius 1 is 1.19 bits per heavy atom. The molecule has 0 radical (unpaired) electrons. The molecule has 4 aliphatic rings. The molecular weight excluding hydrogens is 336 g/mol. The monoisotopic (exact) mass is 374 g/mol. The van der Waals surface area contributed by atoms with E-state index in [4.69, 9.17) is 5.11 Å². The Morgan fingerprint density at radius 2 is 1.96 bits per heavy atom. The van der Waals surface area contributed by atoms with Crippen molar-refractivity contribution in [2.45, 2.75) is 91.1 Å². The van der Waals surface area contributed by atoms with Crippen molar-refractivity contribution in [1.82, 2.24) is 0 Å². The van der Waals surface area contributed by atoms with Crippen LogP contribution in [0.15, 0.2) is 11.6 Å². The number of hydrogen-bond donors (Lipinski definition) is 2. The predicted octanol–water partition coefficient (Wildman–Crippen LogP) is 5.43. The van der Waals surface area contributed by atoms with E-state index in [1.165, 1.54) is 32.1 Å². The second-order valence-electron chi connectivity index (χ2n) is 10.8. The summed E-state index contributed by atoms with van der Waals surface area (Å²) in [6.07, 6.45) is 13.0.